The number of carbonyl (C=O) groups is 1. The highest BCUT2D eigenvalue weighted by molar-refractivity contribution is 8.13. The standard InChI is InChI=1S/C26H19Cl2F3N2OS/c1-35-22-13-20(14-5-4-6-15(27)11-14)25(19-10-9-16(28)12-21(19)32-24(25)34)23(33-22)17-7-2-3-8-18(17)26(29,30)31/h2-12,20,23H,13H2,1H3,(H,32,34)/t20-,23+,25-/m0/s1. The summed E-state index contributed by atoms with van der Waals surface area (Å²) in [7, 11) is 0. The third kappa shape index (κ3) is 3.94. The molecule has 180 valence electrons. The van der Waals surface area contributed by atoms with Gasteiger partial charge in [0, 0.05) is 28.1 Å². The van der Waals surface area contributed by atoms with Crippen LogP contribution in [0.2, 0.25) is 10.0 Å². The van der Waals surface area contributed by atoms with Crippen molar-refractivity contribution in [3.63, 3.8) is 0 Å². The number of aliphatic imine (C=N–C) groups is 1. The summed E-state index contributed by atoms with van der Waals surface area (Å²) >= 11 is 13.9. The van der Waals surface area contributed by atoms with Crippen molar-refractivity contribution >= 4 is 51.6 Å². The van der Waals surface area contributed by atoms with Gasteiger partial charge in [-0.15, -0.1) is 11.8 Å². The van der Waals surface area contributed by atoms with Crippen LogP contribution in [0.1, 0.15) is 40.6 Å². The van der Waals surface area contributed by atoms with Crippen LogP contribution in [0.15, 0.2) is 71.7 Å². The first-order valence-corrected chi connectivity index (χ1v) is 12.8. The molecule has 0 bridgehead atoms. The summed E-state index contributed by atoms with van der Waals surface area (Å²) in [4.78, 5) is 18.8. The highest BCUT2D eigenvalue weighted by Crippen LogP contribution is 2.60. The number of hydrogen-bond acceptors (Lipinski definition) is 3. The SMILES string of the molecule is CSC1=N[C@H](c2ccccc2C(F)(F)F)[C@@]2(C(=O)Nc3cc(Cl)ccc32)[C@H](c2cccc(Cl)c2)C1. The van der Waals surface area contributed by atoms with E-state index in [-0.39, 0.29) is 5.56 Å². The number of anilines is 1. The topological polar surface area (TPSA) is 41.5 Å². The summed E-state index contributed by atoms with van der Waals surface area (Å²) in [5.41, 5.74) is -0.488. The average Bonchev–Trinajstić information content (AvgIpc) is 3.10. The minimum absolute atomic E-state index is 0.0452. The monoisotopic (exact) mass is 534 g/mol. The number of benzene rings is 3. The second kappa shape index (κ2) is 8.87. The highest BCUT2D eigenvalue weighted by atomic mass is 35.5. The smallest absolute Gasteiger partial charge is 0.325 e. The third-order valence-corrected chi connectivity index (χ3v) is 7.94. The molecule has 1 N–H and O–H groups in total. The molecule has 1 amide bonds. The molecule has 0 unspecified atom stereocenters. The maximum absolute atomic E-state index is 14.2. The number of fused-ring (bicyclic) bond motifs is 2. The van der Waals surface area contributed by atoms with Crippen molar-refractivity contribution in [2.75, 3.05) is 11.6 Å². The molecule has 35 heavy (non-hydrogen) atoms. The van der Waals surface area contributed by atoms with Crippen molar-refractivity contribution in [2.45, 2.75) is 30.0 Å². The maximum atomic E-state index is 14.2. The Morgan fingerprint density at radius 2 is 1.77 bits per heavy atom. The average molecular weight is 535 g/mol. The van der Waals surface area contributed by atoms with E-state index in [1.165, 1.54) is 23.9 Å². The molecule has 2 heterocycles. The molecule has 2 aliphatic heterocycles. The van der Waals surface area contributed by atoms with E-state index in [0.717, 1.165) is 11.6 Å². The Labute approximate surface area is 214 Å². The molecule has 0 fully saturated rings. The van der Waals surface area contributed by atoms with Gasteiger partial charge in [-0.2, -0.15) is 13.2 Å². The van der Waals surface area contributed by atoms with Gasteiger partial charge in [0.15, 0.2) is 0 Å². The lowest BCUT2D eigenvalue weighted by Gasteiger charge is -2.45. The lowest BCUT2D eigenvalue weighted by molar-refractivity contribution is -0.139. The first-order chi connectivity index (χ1) is 16.7. The van der Waals surface area contributed by atoms with Crippen LogP contribution in [0, 0.1) is 0 Å². The Hall–Kier alpha value is -2.48. The van der Waals surface area contributed by atoms with Gasteiger partial charge in [-0.05, 0) is 53.3 Å². The van der Waals surface area contributed by atoms with Crippen LogP contribution in [0.3, 0.4) is 0 Å². The minimum atomic E-state index is -4.62. The Morgan fingerprint density at radius 1 is 1.03 bits per heavy atom. The fourth-order valence-electron chi connectivity index (χ4n) is 5.32. The van der Waals surface area contributed by atoms with Crippen LogP contribution in [-0.4, -0.2) is 17.2 Å². The number of rotatable bonds is 2. The molecule has 0 aromatic heterocycles. The van der Waals surface area contributed by atoms with Gasteiger partial charge in [0.1, 0.15) is 5.41 Å². The van der Waals surface area contributed by atoms with Gasteiger partial charge >= 0.3 is 6.18 Å². The number of halogens is 5. The minimum Gasteiger partial charge on any atom is -0.325 e. The van der Waals surface area contributed by atoms with Crippen LogP contribution < -0.4 is 5.32 Å². The number of amides is 1. The number of carbonyl (C=O) groups excluding carboxylic acids is 1. The van der Waals surface area contributed by atoms with Crippen molar-refractivity contribution in [2.24, 2.45) is 4.99 Å². The summed E-state index contributed by atoms with van der Waals surface area (Å²) in [6.07, 6.45) is -2.41. The molecule has 3 aromatic rings. The summed E-state index contributed by atoms with van der Waals surface area (Å²) in [6.45, 7) is 0. The molecule has 2 aliphatic rings. The van der Waals surface area contributed by atoms with Crippen LogP contribution in [0.4, 0.5) is 18.9 Å². The van der Waals surface area contributed by atoms with Crippen LogP contribution in [0.5, 0.6) is 0 Å². The van der Waals surface area contributed by atoms with E-state index in [4.69, 9.17) is 28.2 Å². The molecule has 0 aliphatic carbocycles. The zero-order valence-corrected chi connectivity index (χ0v) is 20.7. The summed E-state index contributed by atoms with van der Waals surface area (Å²) in [6, 6.07) is 16.3. The third-order valence-electron chi connectivity index (χ3n) is 6.73. The molecule has 3 aromatic carbocycles. The van der Waals surface area contributed by atoms with Crippen molar-refractivity contribution in [3.05, 3.63) is 99.0 Å². The van der Waals surface area contributed by atoms with Crippen molar-refractivity contribution in [1.29, 1.82) is 0 Å². The van der Waals surface area contributed by atoms with E-state index in [2.05, 4.69) is 5.32 Å². The molecule has 3 atom stereocenters. The molecular weight excluding hydrogens is 516 g/mol. The van der Waals surface area contributed by atoms with E-state index in [1.54, 1.807) is 42.5 Å². The van der Waals surface area contributed by atoms with E-state index >= 15 is 0 Å². The first-order valence-electron chi connectivity index (χ1n) is 10.8. The van der Waals surface area contributed by atoms with Crippen molar-refractivity contribution in [1.82, 2.24) is 0 Å². The van der Waals surface area contributed by atoms with E-state index < -0.39 is 35.0 Å². The Bertz CT molecular complexity index is 1360. The van der Waals surface area contributed by atoms with Gasteiger partial charge in [0.2, 0.25) is 5.91 Å². The molecule has 3 nitrogen and oxygen atoms in total. The second-order valence-electron chi connectivity index (χ2n) is 8.54. The van der Waals surface area contributed by atoms with Gasteiger partial charge in [0.25, 0.3) is 0 Å². The predicted molar refractivity (Wildman–Crippen MR) is 136 cm³/mol. The Kier molecular flexibility index (Phi) is 6.14. The molecule has 9 heteroatoms. The van der Waals surface area contributed by atoms with Crippen molar-refractivity contribution < 1.29 is 18.0 Å². The molecular formula is C26H19Cl2F3N2OS. The quantitative estimate of drug-likeness (QED) is 0.363. The normalized spacial score (nSPS) is 23.7. The molecule has 0 saturated heterocycles. The van der Waals surface area contributed by atoms with Crippen molar-refractivity contribution in [3.8, 4) is 0 Å². The summed E-state index contributed by atoms with van der Waals surface area (Å²) in [5, 5.41) is 4.45. The van der Waals surface area contributed by atoms with Gasteiger partial charge in [-0.3, -0.25) is 9.79 Å². The zero-order chi connectivity index (χ0) is 25.0. The second-order valence-corrected chi connectivity index (χ2v) is 10.3. The van der Waals surface area contributed by atoms with Gasteiger partial charge in [0.05, 0.1) is 16.6 Å². The molecule has 0 radical (unpaired) electrons. The molecule has 0 saturated carbocycles. The van der Waals surface area contributed by atoms with Crippen LogP contribution in [-0.2, 0) is 16.4 Å². The number of hydrogen-bond donors (Lipinski definition) is 1. The van der Waals surface area contributed by atoms with Gasteiger partial charge in [-0.25, -0.2) is 0 Å². The predicted octanol–water partition coefficient (Wildman–Crippen LogP) is 7.89. The van der Waals surface area contributed by atoms with E-state index in [9.17, 15) is 18.0 Å². The van der Waals surface area contributed by atoms with Gasteiger partial charge < -0.3 is 5.32 Å². The Morgan fingerprint density at radius 3 is 2.49 bits per heavy atom. The maximum Gasteiger partial charge on any atom is 0.416 e. The van der Waals surface area contributed by atoms with Gasteiger partial charge in [-0.1, -0.05) is 59.6 Å². The fourth-order valence-corrected chi connectivity index (χ4v) is 6.23. The number of alkyl halides is 3. The first kappa shape index (κ1) is 24.2. The number of nitrogens with zero attached hydrogens (tertiary/aromatic N) is 1. The molecule has 1 spiro atoms. The Balaban J connectivity index is 1.87. The largest absolute Gasteiger partial charge is 0.416 e. The highest BCUT2D eigenvalue weighted by Gasteiger charge is 2.61. The summed E-state index contributed by atoms with van der Waals surface area (Å²) in [5.74, 6) is -0.930. The van der Waals surface area contributed by atoms with E-state index in [1.807, 2.05) is 12.3 Å². The summed E-state index contributed by atoms with van der Waals surface area (Å²) < 4.78 is 42.6. The number of nitrogens with one attached hydrogen (secondary N) is 1. The van der Waals surface area contributed by atoms with Crippen LogP contribution >= 0.6 is 35.0 Å². The fraction of sp³-hybridized carbons (Fsp3) is 0.231. The lowest BCUT2D eigenvalue weighted by Crippen LogP contribution is -2.48. The zero-order valence-electron chi connectivity index (χ0n) is 18.4. The molecule has 5 rings (SSSR count). The lowest BCUT2D eigenvalue weighted by atomic mass is 9.60. The number of thioether (sulfide) groups is 1. The van der Waals surface area contributed by atoms with E-state index in [0.29, 0.717) is 32.8 Å². The van der Waals surface area contributed by atoms with Crippen LogP contribution in [0.25, 0.3) is 0 Å².